The molecule has 1 amide bonds. The van der Waals surface area contributed by atoms with Crippen molar-refractivity contribution in [3.05, 3.63) is 53.3 Å². The van der Waals surface area contributed by atoms with Gasteiger partial charge >= 0.3 is 0 Å². The van der Waals surface area contributed by atoms with Gasteiger partial charge in [0.15, 0.2) is 0 Å². The Hall–Kier alpha value is -1.81. The molecule has 0 aliphatic rings. The van der Waals surface area contributed by atoms with E-state index in [1.54, 1.807) is 17.9 Å². The van der Waals surface area contributed by atoms with Crippen molar-refractivity contribution >= 4 is 17.5 Å². The average molecular weight is 278 g/mol. The first-order chi connectivity index (χ1) is 9.11. The molecule has 5 heteroatoms. The van der Waals surface area contributed by atoms with Gasteiger partial charge in [0, 0.05) is 19.1 Å². The van der Waals surface area contributed by atoms with Crippen LogP contribution in [0, 0.1) is 6.92 Å². The standard InChI is InChI=1S/C14H16ClN3O/c1-10-12(9-18(2)17-10)14(19)16-13(8-15)11-6-4-3-5-7-11/h3-7,9,13H,8H2,1-2H3,(H,16,19). The summed E-state index contributed by atoms with van der Waals surface area (Å²) in [5.41, 5.74) is 2.28. The van der Waals surface area contributed by atoms with E-state index < -0.39 is 0 Å². The normalized spacial score (nSPS) is 12.2. The van der Waals surface area contributed by atoms with Crippen molar-refractivity contribution in [2.45, 2.75) is 13.0 Å². The highest BCUT2D eigenvalue weighted by molar-refractivity contribution is 6.18. The molecule has 1 N–H and O–H groups in total. The maximum Gasteiger partial charge on any atom is 0.255 e. The number of aromatic nitrogens is 2. The van der Waals surface area contributed by atoms with Crippen LogP contribution in [0.3, 0.4) is 0 Å². The lowest BCUT2D eigenvalue weighted by molar-refractivity contribution is 0.0939. The first-order valence-corrected chi connectivity index (χ1v) is 6.57. The number of hydrogen-bond donors (Lipinski definition) is 1. The van der Waals surface area contributed by atoms with Gasteiger partial charge < -0.3 is 5.32 Å². The summed E-state index contributed by atoms with van der Waals surface area (Å²) in [6, 6.07) is 9.48. The molecule has 1 atom stereocenters. The predicted octanol–water partition coefficient (Wildman–Crippen LogP) is 2.44. The lowest BCUT2D eigenvalue weighted by Gasteiger charge is -2.16. The van der Waals surface area contributed by atoms with E-state index in [1.165, 1.54) is 0 Å². The third-order valence-corrected chi connectivity index (χ3v) is 3.23. The van der Waals surface area contributed by atoms with E-state index in [-0.39, 0.29) is 11.9 Å². The number of amides is 1. The summed E-state index contributed by atoms with van der Waals surface area (Å²) in [5, 5.41) is 7.09. The topological polar surface area (TPSA) is 46.9 Å². The molecule has 2 rings (SSSR count). The number of halogens is 1. The van der Waals surface area contributed by atoms with Gasteiger partial charge in [0.2, 0.25) is 0 Å². The van der Waals surface area contributed by atoms with Crippen LogP contribution < -0.4 is 5.32 Å². The second-order valence-corrected chi connectivity index (χ2v) is 4.70. The van der Waals surface area contributed by atoms with Crippen molar-refractivity contribution in [2.75, 3.05) is 5.88 Å². The number of rotatable bonds is 4. The van der Waals surface area contributed by atoms with E-state index in [1.807, 2.05) is 37.3 Å². The number of carbonyl (C=O) groups excluding carboxylic acids is 1. The Morgan fingerprint density at radius 3 is 2.63 bits per heavy atom. The molecule has 0 bridgehead atoms. The molecule has 0 saturated carbocycles. The lowest BCUT2D eigenvalue weighted by atomic mass is 10.1. The van der Waals surface area contributed by atoms with Gasteiger partial charge in [-0.05, 0) is 12.5 Å². The van der Waals surface area contributed by atoms with Gasteiger partial charge in [0.05, 0.1) is 17.3 Å². The SMILES string of the molecule is Cc1nn(C)cc1C(=O)NC(CCl)c1ccccc1. The molecule has 1 aromatic heterocycles. The molecule has 1 unspecified atom stereocenters. The van der Waals surface area contributed by atoms with Crippen LogP contribution in [0.25, 0.3) is 0 Å². The van der Waals surface area contributed by atoms with Gasteiger partial charge in [0.25, 0.3) is 5.91 Å². The van der Waals surface area contributed by atoms with E-state index in [4.69, 9.17) is 11.6 Å². The molecule has 0 aliphatic heterocycles. The van der Waals surface area contributed by atoms with Gasteiger partial charge in [-0.3, -0.25) is 9.48 Å². The molecule has 0 fully saturated rings. The summed E-state index contributed by atoms with van der Waals surface area (Å²) in [6.07, 6.45) is 1.71. The third-order valence-electron chi connectivity index (χ3n) is 2.92. The summed E-state index contributed by atoms with van der Waals surface area (Å²) < 4.78 is 1.63. The fraction of sp³-hybridized carbons (Fsp3) is 0.286. The molecule has 2 aromatic rings. The minimum Gasteiger partial charge on any atom is -0.344 e. The highest BCUT2D eigenvalue weighted by atomic mass is 35.5. The molecule has 1 aromatic carbocycles. The van der Waals surface area contributed by atoms with Crippen LogP contribution in [0.15, 0.2) is 36.5 Å². The number of benzene rings is 1. The van der Waals surface area contributed by atoms with Crippen molar-refractivity contribution in [3.63, 3.8) is 0 Å². The van der Waals surface area contributed by atoms with Crippen LogP contribution in [0.2, 0.25) is 0 Å². The zero-order valence-corrected chi connectivity index (χ0v) is 11.7. The smallest absolute Gasteiger partial charge is 0.255 e. The van der Waals surface area contributed by atoms with Crippen molar-refractivity contribution in [1.29, 1.82) is 0 Å². The minimum absolute atomic E-state index is 0.153. The molecule has 100 valence electrons. The second kappa shape index (κ2) is 5.89. The fourth-order valence-corrected chi connectivity index (χ4v) is 2.21. The summed E-state index contributed by atoms with van der Waals surface area (Å²) in [5.74, 6) is 0.176. The number of nitrogens with one attached hydrogen (secondary N) is 1. The Balaban J connectivity index is 2.15. The predicted molar refractivity (Wildman–Crippen MR) is 75.3 cm³/mol. The Labute approximate surface area is 117 Å². The van der Waals surface area contributed by atoms with Crippen molar-refractivity contribution in [1.82, 2.24) is 15.1 Å². The lowest BCUT2D eigenvalue weighted by Crippen LogP contribution is -2.29. The monoisotopic (exact) mass is 277 g/mol. The maximum atomic E-state index is 12.2. The van der Waals surface area contributed by atoms with Crippen molar-refractivity contribution < 1.29 is 4.79 Å². The fourth-order valence-electron chi connectivity index (χ4n) is 1.95. The van der Waals surface area contributed by atoms with E-state index in [9.17, 15) is 4.79 Å². The summed E-state index contributed by atoms with van der Waals surface area (Å²) in [7, 11) is 1.79. The Kier molecular flexibility index (Phi) is 4.22. The average Bonchev–Trinajstić information content (AvgIpc) is 2.76. The third kappa shape index (κ3) is 3.15. The summed E-state index contributed by atoms with van der Waals surface area (Å²) in [4.78, 5) is 12.2. The van der Waals surface area contributed by atoms with Crippen LogP contribution >= 0.6 is 11.6 Å². The largest absolute Gasteiger partial charge is 0.344 e. The molecule has 1 heterocycles. The Morgan fingerprint density at radius 1 is 1.42 bits per heavy atom. The minimum atomic E-state index is -0.199. The quantitative estimate of drug-likeness (QED) is 0.873. The highest BCUT2D eigenvalue weighted by Gasteiger charge is 2.17. The van der Waals surface area contributed by atoms with Crippen LogP contribution in [0.5, 0.6) is 0 Å². The van der Waals surface area contributed by atoms with Gasteiger partial charge in [-0.1, -0.05) is 30.3 Å². The van der Waals surface area contributed by atoms with Gasteiger partial charge in [-0.15, -0.1) is 11.6 Å². The highest BCUT2D eigenvalue weighted by Crippen LogP contribution is 2.15. The summed E-state index contributed by atoms with van der Waals surface area (Å²) >= 11 is 5.94. The van der Waals surface area contributed by atoms with Gasteiger partial charge in [-0.25, -0.2) is 0 Å². The maximum absolute atomic E-state index is 12.2. The van der Waals surface area contributed by atoms with Crippen molar-refractivity contribution in [3.8, 4) is 0 Å². The van der Waals surface area contributed by atoms with E-state index >= 15 is 0 Å². The summed E-state index contributed by atoms with van der Waals surface area (Å²) in [6.45, 7) is 1.81. The van der Waals surface area contributed by atoms with Crippen molar-refractivity contribution in [2.24, 2.45) is 7.05 Å². The molecule has 0 spiro atoms. The first kappa shape index (κ1) is 13.6. The van der Waals surface area contributed by atoms with Crippen LogP contribution in [0.1, 0.15) is 27.7 Å². The molecule has 0 radical (unpaired) electrons. The molecule has 19 heavy (non-hydrogen) atoms. The number of aryl methyl sites for hydroxylation is 2. The van der Waals surface area contributed by atoms with E-state index in [2.05, 4.69) is 10.4 Å². The second-order valence-electron chi connectivity index (χ2n) is 4.39. The van der Waals surface area contributed by atoms with Crippen LogP contribution in [-0.2, 0) is 7.05 Å². The van der Waals surface area contributed by atoms with Crippen LogP contribution in [0.4, 0.5) is 0 Å². The van der Waals surface area contributed by atoms with Crippen LogP contribution in [-0.4, -0.2) is 21.6 Å². The van der Waals surface area contributed by atoms with Gasteiger partial charge in [0.1, 0.15) is 0 Å². The number of hydrogen-bond acceptors (Lipinski definition) is 2. The Bertz CT molecular complexity index is 565. The number of alkyl halides is 1. The van der Waals surface area contributed by atoms with Gasteiger partial charge in [-0.2, -0.15) is 5.10 Å². The zero-order valence-electron chi connectivity index (χ0n) is 10.9. The number of nitrogens with zero attached hydrogens (tertiary/aromatic N) is 2. The zero-order chi connectivity index (χ0) is 13.8. The number of carbonyl (C=O) groups is 1. The van der Waals surface area contributed by atoms with E-state index in [0.29, 0.717) is 17.1 Å². The van der Waals surface area contributed by atoms with E-state index in [0.717, 1.165) is 5.56 Å². The molecular weight excluding hydrogens is 262 g/mol. The molecule has 0 saturated heterocycles. The molecule has 4 nitrogen and oxygen atoms in total. The molecule has 0 aliphatic carbocycles. The first-order valence-electron chi connectivity index (χ1n) is 6.04. The molecular formula is C14H16ClN3O. The Morgan fingerprint density at radius 2 is 2.11 bits per heavy atom.